The summed E-state index contributed by atoms with van der Waals surface area (Å²) in [7, 11) is 0. The summed E-state index contributed by atoms with van der Waals surface area (Å²) in [6, 6.07) is 15.1. The fraction of sp³-hybridized carbons (Fsp3) is 0.385. The molecule has 8 heteroatoms. The number of piperidine rings is 1. The molecule has 0 aromatic heterocycles. The van der Waals surface area contributed by atoms with E-state index in [0.29, 0.717) is 23.6 Å². The number of hydrogen-bond acceptors (Lipinski definition) is 6. The van der Waals surface area contributed by atoms with Crippen LogP contribution in [0.5, 0.6) is 0 Å². The Morgan fingerprint density at radius 3 is 2.44 bits per heavy atom. The van der Waals surface area contributed by atoms with Crippen molar-refractivity contribution in [1.82, 2.24) is 20.9 Å². The molecule has 4 amide bonds. The van der Waals surface area contributed by atoms with Crippen molar-refractivity contribution in [1.29, 1.82) is 0 Å². The van der Waals surface area contributed by atoms with Crippen molar-refractivity contribution in [2.45, 2.75) is 50.2 Å². The molecule has 8 nitrogen and oxygen atoms in total. The van der Waals surface area contributed by atoms with E-state index in [-0.39, 0.29) is 24.8 Å². The van der Waals surface area contributed by atoms with Gasteiger partial charge in [-0.1, -0.05) is 36.4 Å². The molecular weight excluding hydrogens is 432 g/mol. The summed E-state index contributed by atoms with van der Waals surface area (Å²) in [5.74, 6) is -1.54. The van der Waals surface area contributed by atoms with Gasteiger partial charge in [-0.15, -0.1) is 0 Å². The zero-order valence-electron chi connectivity index (χ0n) is 18.9. The lowest BCUT2D eigenvalue weighted by atomic mass is 9.87. The van der Waals surface area contributed by atoms with Gasteiger partial charge < -0.3 is 10.6 Å². The Labute approximate surface area is 198 Å². The summed E-state index contributed by atoms with van der Waals surface area (Å²) in [5, 5.41) is 9.39. The Morgan fingerprint density at radius 1 is 0.882 bits per heavy atom. The molecule has 2 aromatic carbocycles. The summed E-state index contributed by atoms with van der Waals surface area (Å²) in [5.41, 5.74) is 2.85. The highest BCUT2D eigenvalue weighted by molar-refractivity contribution is 6.23. The zero-order chi connectivity index (χ0) is 23.7. The van der Waals surface area contributed by atoms with Gasteiger partial charge in [-0.25, -0.2) is 0 Å². The number of nitrogens with one attached hydrogen (secondary N) is 3. The van der Waals surface area contributed by atoms with Gasteiger partial charge in [0.05, 0.1) is 11.1 Å². The monoisotopic (exact) mass is 460 g/mol. The average molecular weight is 461 g/mol. The van der Waals surface area contributed by atoms with Gasteiger partial charge in [0.1, 0.15) is 6.04 Å². The van der Waals surface area contributed by atoms with E-state index in [4.69, 9.17) is 0 Å². The maximum Gasteiger partial charge on any atom is 0.262 e. The number of rotatable bonds is 5. The number of benzene rings is 2. The summed E-state index contributed by atoms with van der Waals surface area (Å²) in [6.45, 7) is 2.49. The van der Waals surface area contributed by atoms with Crippen molar-refractivity contribution in [3.8, 4) is 0 Å². The molecule has 0 radical (unpaired) electrons. The third-order valence-electron chi connectivity index (χ3n) is 7.05. The van der Waals surface area contributed by atoms with Gasteiger partial charge in [-0.05, 0) is 55.6 Å². The van der Waals surface area contributed by atoms with Crippen molar-refractivity contribution < 1.29 is 19.2 Å². The van der Waals surface area contributed by atoms with Crippen LogP contribution in [0.25, 0.3) is 0 Å². The minimum absolute atomic E-state index is 0.109. The highest BCUT2D eigenvalue weighted by Gasteiger charge is 2.44. The van der Waals surface area contributed by atoms with Gasteiger partial charge in [-0.2, -0.15) is 0 Å². The third-order valence-corrected chi connectivity index (χ3v) is 7.05. The number of amides is 4. The maximum absolute atomic E-state index is 13.1. The second-order valence-corrected chi connectivity index (χ2v) is 9.16. The molecule has 2 fully saturated rings. The van der Waals surface area contributed by atoms with Crippen LogP contribution in [0.1, 0.15) is 63.4 Å². The summed E-state index contributed by atoms with van der Waals surface area (Å²) in [6.07, 6.45) is 2.30. The first kappa shape index (κ1) is 22.4. The summed E-state index contributed by atoms with van der Waals surface area (Å²) >= 11 is 0. The molecule has 1 unspecified atom stereocenters. The molecule has 3 N–H and O–H groups in total. The van der Waals surface area contributed by atoms with Crippen LogP contribution in [0.2, 0.25) is 0 Å². The van der Waals surface area contributed by atoms with E-state index >= 15 is 0 Å². The molecule has 0 spiro atoms. The molecule has 176 valence electrons. The summed E-state index contributed by atoms with van der Waals surface area (Å²) in [4.78, 5) is 50.7. The Hall–Kier alpha value is -3.36. The van der Waals surface area contributed by atoms with Crippen LogP contribution < -0.4 is 16.0 Å². The molecule has 3 aliphatic heterocycles. The molecule has 0 saturated carbocycles. The van der Waals surface area contributed by atoms with E-state index in [1.165, 1.54) is 5.56 Å². The van der Waals surface area contributed by atoms with E-state index in [0.717, 1.165) is 36.4 Å². The first-order valence-electron chi connectivity index (χ1n) is 11.9. The molecule has 2 aromatic rings. The first-order valence-corrected chi connectivity index (χ1v) is 11.9. The van der Waals surface area contributed by atoms with Crippen LogP contribution in [0.4, 0.5) is 0 Å². The Balaban J connectivity index is 1.31. The lowest BCUT2D eigenvalue weighted by Crippen LogP contribution is -2.54. The van der Waals surface area contributed by atoms with Crippen LogP contribution >= 0.6 is 0 Å². The highest BCUT2D eigenvalue weighted by atomic mass is 16.2. The number of carbonyl (C=O) groups is 4. The number of hydrogen-bond donors (Lipinski definition) is 3. The normalized spacial score (nSPS) is 25.2. The van der Waals surface area contributed by atoms with E-state index in [9.17, 15) is 19.2 Å². The standard InChI is InChI=1S/C26H28N4O4/c31-23-9-8-22(24(32)29-23)30-25(33)19-7-6-16(14-20(19)26(30)34)15-28-21-11-13-27-12-10-18(21)17-4-2-1-3-5-17/h1-7,14,18,21-22,27-28H,8-13,15H2,(H,29,31,32)/t18-,21+,22?/m0/s1. The van der Waals surface area contributed by atoms with E-state index in [2.05, 4.69) is 40.2 Å². The number of nitrogens with zero attached hydrogens (tertiary/aromatic N) is 1. The van der Waals surface area contributed by atoms with E-state index in [1.54, 1.807) is 12.1 Å². The van der Waals surface area contributed by atoms with Crippen molar-refractivity contribution in [2.24, 2.45) is 0 Å². The van der Waals surface area contributed by atoms with Crippen molar-refractivity contribution in [2.75, 3.05) is 13.1 Å². The Bertz CT molecular complexity index is 1130. The van der Waals surface area contributed by atoms with Gasteiger partial charge >= 0.3 is 0 Å². The number of imide groups is 2. The fourth-order valence-corrected chi connectivity index (χ4v) is 5.26. The van der Waals surface area contributed by atoms with Crippen molar-refractivity contribution in [3.05, 3.63) is 70.8 Å². The van der Waals surface area contributed by atoms with Crippen LogP contribution in [0, 0.1) is 0 Å². The Morgan fingerprint density at radius 2 is 1.65 bits per heavy atom. The van der Waals surface area contributed by atoms with Gasteiger partial charge in [0.25, 0.3) is 11.8 Å². The van der Waals surface area contributed by atoms with E-state index in [1.807, 2.05) is 12.1 Å². The van der Waals surface area contributed by atoms with Crippen LogP contribution in [-0.2, 0) is 16.1 Å². The van der Waals surface area contributed by atoms with Crippen LogP contribution in [0.15, 0.2) is 48.5 Å². The molecular formula is C26H28N4O4. The smallest absolute Gasteiger partial charge is 0.262 e. The fourth-order valence-electron chi connectivity index (χ4n) is 5.26. The van der Waals surface area contributed by atoms with Crippen LogP contribution in [0.3, 0.4) is 0 Å². The zero-order valence-corrected chi connectivity index (χ0v) is 18.9. The predicted octanol–water partition coefficient (Wildman–Crippen LogP) is 1.71. The largest absolute Gasteiger partial charge is 0.317 e. The lowest BCUT2D eigenvalue weighted by molar-refractivity contribution is -0.136. The van der Waals surface area contributed by atoms with Gasteiger partial charge in [-0.3, -0.25) is 29.4 Å². The van der Waals surface area contributed by atoms with Gasteiger partial charge in [0.15, 0.2) is 0 Å². The second-order valence-electron chi connectivity index (χ2n) is 9.16. The number of carbonyl (C=O) groups excluding carboxylic acids is 4. The minimum atomic E-state index is -0.947. The predicted molar refractivity (Wildman–Crippen MR) is 125 cm³/mol. The molecule has 0 bridgehead atoms. The van der Waals surface area contributed by atoms with Gasteiger partial charge in [0, 0.05) is 24.9 Å². The topological polar surface area (TPSA) is 108 Å². The summed E-state index contributed by atoms with van der Waals surface area (Å²) < 4.78 is 0. The van der Waals surface area contributed by atoms with Crippen molar-refractivity contribution >= 4 is 23.6 Å². The third kappa shape index (κ3) is 4.26. The minimum Gasteiger partial charge on any atom is -0.317 e. The quantitative estimate of drug-likeness (QED) is 0.587. The van der Waals surface area contributed by atoms with Crippen molar-refractivity contribution in [3.63, 3.8) is 0 Å². The molecule has 34 heavy (non-hydrogen) atoms. The molecule has 0 aliphatic carbocycles. The lowest BCUT2D eigenvalue weighted by Gasteiger charge is -2.27. The SMILES string of the molecule is O=C1CCC(N2C(=O)c3ccc(CN[C@@H]4CCNCC[C@H]4c4ccccc4)cc3C2=O)C(=O)N1. The number of fused-ring (bicyclic) bond motifs is 1. The first-order chi connectivity index (χ1) is 16.5. The molecule has 3 heterocycles. The molecule has 3 aliphatic rings. The maximum atomic E-state index is 13.1. The van der Waals surface area contributed by atoms with Crippen LogP contribution in [-0.4, -0.2) is 53.7 Å². The van der Waals surface area contributed by atoms with Gasteiger partial charge in [0.2, 0.25) is 11.8 Å². The highest BCUT2D eigenvalue weighted by Crippen LogP contribution is 2.30. The molecule has 2 saturated heterocycles. The molecule has 5 rings (SSSR count). The average Bonchev–Trinajstić information content (AvgIpc) is 2.99. The van der Waals surface area contributed by atoms with E-state index < -0.39 is 23.8 Å². The molecule has 3 atom stereocenters. The second kappa shape index (κ2) is 9.48. The Kier molecular flexibility index (Phi) is 6.26.